The molecule has 2 aromatic heterocycles. The van der Waals surface area contributed by atoms with E-state index < -0.39 is 0 Å². The van der Waals surface area contributed by atoms with Gasteiger partial charge in [-0.3, -0.25) is 9.48 Å². The third kappa shape index (κ3) is 2.77. The van der Waals surface area contributed by atoms with Crippen LogP contribution in [0.15, 0.2) is 18.6 Å². The van der Waals surface area contributed by atoms with Crippen molar-refractivity contribution < 1.29 is 4.79 Å². The lowest BCUT2D eigenvalue weighted by molar-refractivity contribution is 0.0988. The molecule has 7 nitrogen and oxygen atoms in total. The molecule has 20 heavy (non-hydrogen) atoms. The molecule has 0 amide bonds. The van der Waals surface area contributed by atoms with Crippen LogP contribution in [0.25, 0.3) is 0 Å². The first-order valence-corrected chi connectivity index (χ1v) is 6.85. The Morgan fingerprint density at radius 2 is 2.20 bits per heavy atom. The van der Waals surface area contributed by atoms with Gasteiger partial charge < -0.3 is 5.32 Å². The van der Waals surface area contributed by atoms with Crippen LogP contribution in [0.1, 0.15) is 34.9 Å². The largest absolute Gasteiger partial charge is 0.317 e. The van der Waals surface area contributed by atoms with Crippen LogP contribution in [-0.4, -0.2) is 43.6 Å². The minimum absolute atomic E-state index is 0.0156. The van der Waals surface area contributed by atoms with E-state index in [1.165, 1.54) is 0 Å². The molecule has 1 aliphatic heterocycles. The Kier molecular flexibility index (Phi) is 3.60. The molecule has 0 radical (unpaired) electrons. The van der Waals surface area contributed by atoms with Crippen molar-refractivity contribution in [3.8, 4) is 0 Å². The summed E-state index contributed by atoms with van der Waals surface area (Å²) in [4.78, 5) is 12.2. The second-order valence-electron chi connectivity index (χ2n) is 5.19. The molecule has 0 atom stereocenters. The highest BCUT2D eigenvalue weighted by atomic mass is 16.1. The molecule has 0 spiro atoms. The zero-order valence-electron chi connectivity index (χ0n) is 11.5. The van der Waals surface area contributed by atoms with E-state index in [-0.39, 0.29) is 5.78 Å². The molecule has 1 N–H and O–H groups in total. The summed E-state index contributed by atoms with van der Waals surface area (Å²) < 4.78 is 3.52. The predicted molar refractivity (Wildman–Crippen MR) is 72.4 cm³/mol. The number of carbonyl (C=O) groups excluding carboxylic acids is 1. The van der Waals surface area contributed by atoms with Gasteiger partial charge >= 0.3 is 0 Å². The number of aryl methyl sites for hydroxylation is 1. The number of carbonyl (C=O) groups is 1. The van der Waals surface area contributed by atoms with Gasteiger partial charge in [-0.1, -0.05) is 5.21 Å². The van der Waals surface area contributed by atoms with Gasteiger partial charge in [0, 0.05) is 19.7 Å². The van der Waals surface area contributed by atoms with Crippen LogP contribution in [-0.2, 0) is 13.5 Å². The summed E-state index contributed by atoms with van der Waals surface area (Å²) in [5.74, 6) is -0.0156. The normalized spacial score (nSPS) is 16.4. The van der Waals surface area contributed by atoms with Gasteiger partial charge in [-0.05, 0) is 31.5 Å². The maximum Gasteiger partial charge on any atom is 0.189 e. The number of piperidine rings is 1. The lowest BCUT2D eigenvalue weighted by atomic mass is 10.1. The summed E-state index contributed by atoms with van der Waals surface area (Å²) in [6, 6.07) is 0.351. The number of ketones is 1. The van der Waals surface area contributed by atoms with E-state index in [1.807, 2.05) is 17.9 Å². The molecular formula is C13H18N6O. The van der Waals surface area contributed by atoms with Crippen molar-refractivity contribution in [2.45, 2.75) is 25.3 Å². The van der Waals surface area contributed by atoms with Crippen LogP contribution in [0.4, 0.5) is 0 Å². The van der Waals surface area contributed by atoms with Gasteiger partial charge in [-0.2, -0.15) is 5.10 Å². The predicted octanol–water partition coefficient (Wildman–Crippen LogP) is 0.361. The molecule has 3 heterocycles. The maximum atomic E-state index is 12.2. The lowest BCUT2D eigenvalue weighted by Gasteiger charge is -2.22. The first-order valence-electron chi connectivity index (χ1n) is 6.85. The van der Waals surface area contributed by atoms with Crippen molar-refractivity contribution in [3.63, 3.8) is 0 Å². The summed E-state index contributed by atoms with van der Waals surface area (Å²) in [7, 11) is 1.83. The van der Waals surface area contributed by atoms with Gasteiger partial charge in [0.2, 0.25) is 0 Å². The third-order valence-electron chi connectivity index (χ3n) is 3.60. The Morgan fingerprint density at radius 3 is 2.90 bits per heavy atom. The number of Topliss-reactive ketones (excluding diaryl/α,β-unsaturated/α-hetero) is 1. The Balaban J connectivity index is 1.67. The molecule has 0 saturated carbocycles. The van der Waals surface area contributed by atoms with Crippen LogP contribution < -0.4 is 5.32 Å². The highest BCUT2D eigenvalue weighted by Crippen LogP contribution is 2.17. The van der Waals surface area contributed by atoms with E-state index in [9.17, 15) is 4.79 Å². The molecule has 106 valence electrons. The number of hydrogen-bond donors (Lipinski definition) is 1. The molecule has 0 unspecified atom stereocenters. The average Bonchev–Trinajstić information content (AvgIpc) is 3.09. The van der Waals surface area contributed by atoms with Gasteiger partial charge in [0.15, 0.2) is 5.78 Å². The Morgan fingerprint density at radius 1 is 1.40 bits per heavy atom. The van der Waals surface area contributed by atoms with Crippen molar-refractivity contribution in [2.75, 3.05) is 13.1 Å². The van der Waals surface area contributed by atoms with Crippen LogP contribution in [0.3, 0.4) is 0 Å². The zero-order chi connectivity index (χ0) is 13.9. The molecule has 0 aromatic carbocycles. The van der Waals surface area contributed by atoms with E-state index in [0.29, 0.717) is 18.2 Å². The van der Waals surface area contributed by atoms with Crippen molar-refractivity contribution in [2.24, 2.45) is 7.05 Å². The van der Waals surface area contributed by atoms with E-state index >= 15 is 0 Å². The molecule has 0 aliphatic carbocycles. The topological polar surface area (TPSA) is 77.6 Å². The summed E-state index contributed by atoms with van der Waals surface area (Å²) >= 11 is 0. The van der Waals surface area contributed by atoms with Crippen molar-refractivity contribution in [3.05, 3.63) is 29.8 Å². The lowest BCUT2D eigenvalue weighted by Crippen LogP contribution is -2.29. The Bertz CT molecular complexity index is 596. The number of nitrogens with one attached hydrogen (secondary N) is 1. The number of hydrogen-bond acceptors (Lipinski definition) is 5. The fraction of sp³-hybridized carbons (Fsp3) is 0.538. The van der Waals surface area contributed by atoms with Gasteiger partial charge in [0.1, 0.15) is 5.69 Å². The molecule has 1 fully saturated rings. The summed E-state index contributed by atoms with van der Waals surface area (Å²) in [5, 5.41) is 15.5. The van der Waals surface area contributed by atoms with Gasteiger partial charge in [-0.25, -0.2) is 4.68 Å². The highest BCUT2D eigenvalue weighted by molar-refractivity contribution is 5.95. The van der Waals surface area contributed by atoms with Gasteiger partial charge in [0.25, 0.3) is 0 Å². The van der Waals surface area contributed by atoms with Crippen LogP contribution in [0, 0.1) is 0 Å². The van der Waals surface area contributed by atoms with Crippen molar-refractivity contribution in [1.29, 1.82) is 0 Å². The van der Waals surface area contributed by atoms with Crippen LogP contribution in [0.2, 0.25) is 0 Å². The SMILES string of the molecule is Cn1cc(CC(=O)c2cn(C3CCNCC3)nn2)cn1. The molecule has 3 rings (SSSR count). The fourth-order valence-electron chi connectivity index (χ4n) is 2.49. The minimum Gasteiger partial charge on any atom is -0.317 e. The first kappa shape index (κ1) is 13.0. The molecule has 7 heteroatoms. The molecular weight excluding hydrogens is 256 g/mol. The van der Waals surface area contributed by atoms with Gasteiger partial charge in [-0.15, -0.1) is 5.10 Å². The molecule has 1 aliphatic rings. The highest BCUT2D eigenvalue weighted by Gasteiger charge is 2.19. The molecule has 1 saturated heterocycles. The number of nitrogens with zero attached hydrogens (tertiary/aromatic N) is 5. The average molecular weight is 274 g/mol. The third-order valence-corrected chi connectivity index (χ3v) is 3.60. The van der Waals surface area contributed by atoms with Gasteiger partial charge in [0.05, 0.1) is 18.4 Å². The maximum absolute atomic E-state index is 12.2. The van der Waals surface area contributed by atoms with Crippen LogP contribution >= 0.6 is 0 Å². The standard InChI is InChI=1S/C13H18N6O/c1-18-8-10(7-15-18)6-13(20)12-9-19(17-16-12)11-2-4-14-5-3-11/h7-9,11,14H,2-6H2,1H3. The van der Waals surface area contributed by atoms with E-state index in [2.05, 4.69) is 20.7 Å². The number of rotatable bonds is 4. The first-order chi connectivity index (χ1) is 9.72. The second kappa shape index (κ2) is 5.54. The zero-order valence-corrected chi connectivity index (χ0v) is 11.5. The quantitative estimate of drug-likeness (QED) is 0.815. The number of aromatic nitrogens is 5. The molecule has 0 bridgehead atoms. The summed E-state index contributed by atoms with van der Waals surface area (Å²) in [6.07, 6.45) is 7.69. The van der Waals surface area contributed by atoms with Crippen molar-refractivity contribution in [1.82, 2.24) is 30.1 Å². The minimum atomic E-state index is -0.0156. The fourth-order valence-corrected chi connectivity index (χ4v) is 2.49. The second-order valence-corrected chi connectivity index (χ2v) is 5.19. The summed E-state index contributed by atoms with van der Waals surface area (Å²) in [6.45, 7) is 1.98. The molecule has 2 aromatic rings. The van der Waals surface area contributed by atoms with E-state index in [0.717, 1.165) is 31.5 Å². The van der Waals surface area contributed by atoms with E-state index in [1.54, 1.807) is 17.1 Å². The van der Waals surface area contributed by atoms with Crippen LogP contribution in [0.5, 0.6) is 0 Å². The van der Waals surface area contributed by atoms with E-state index in [4.69, 9.17) is 0 Å². The monoisotopic (exact) mass is 274 g/mol. The van der Waals surface area contributed by atoms with Crippen molar-refractivity contribution >= 4 is 5.78 Å². The smallest absolute Gasteiger partial charge is 0.189 e. The Hall–Kier alpha value is -2.02. The summed E-state index contributed by atoms with van der Waals surface area (Å²) in [5.41, 5.74) is 1.33. The Labute approximate surface area is 117 Å².